The Morgan fingerprint density at radius 3 is 2.86 bits per heavy atom. The van der Waals surface area contributed by atoms with Gasteiger partial charge in [-0.15, -0.1) is 0 Å². The largest absolute Gasteiger partial charge is 0.469 e. The Hall–Kier alpha value is -1.65. The minimum Gasteiger partial charge on any atom is -0.469 e. The van der Waals surface area contributed by atoms with Gasteiger partial charge in [0.1, 0.15) is 5.15 Å². The number of nitrogens with zero attached hydrogens (tertiary/aromatic N) is 2. The summed E-state index contributed by atoms with van der Waals surface area (Å²) in [6.45, 7) is 3.30. The molecular weight excluding hydrogens is 288 g/mol. The lowest BCUT2D eigenvalue weighted by molar-refractivity contribution is -0.140. The van der Waals surface area contributed by atoms with Gasteiger partial charge in [-0.1, -0.05) is 23.7 Å². The zero-order valence-electron chi connectivity index (χ0n) is 12.5. The molecule has 2 rings (SSSR count). The smallest absolute Gasteiger partial charge is 0.306 e. The van der Waals surface area contributed by atoms with E-state index in [-0.39, 0.29) is 5.97 Å². The second kappa shape index (κ2) is 6.87. The van der Waals surface area contributed by atoms with Crippen molar-refractivity contribution in [2.24, 2.45) is 0 Å². The van der Waals surface area contributed by atoms with Crippen molar-refractivity contribution in [2.45, 2.75) is 19.9 Å². The van der Waals surface area contributed by atoms with Gasteiger partial charge in [0, 0.05) is 24.0 Å². The number of aryl methyl sites for hydroxylation is 1. The highest BCUT2D eigenvalue weighted by molar-refractivity contribution is 6.30. The average molecular weight is 307 g/mol. The summed E-state index contributed by atoms with van der Waals surface area (Å²) in [7, 11) is 3.34. The maximum atomic E-state index is 11.2. The highest BCUT2D eigenvalue weighted by Crippen LogP contribution is 2.22. The molecule has 0 atom stereocenters. The van der Waals surface area contributed by atoms with Crippen LogP contribution in [0.1, 0.15) is 17.5 Å². The number of methoxy groups -OCH3 is 1. The molecule has 1 heterocycles. The standard InChI is InChI=1S/C16H19ClN2O2/c1-11-4-5-12-9-13(16(17)18-14(12)8-11)10-19(2)7-6-15(20)21-3/h4-5,8-9H,6-7,10H2,1-3H3. The summed E-state index contributed by atoms with van der Waals surface area (Å²) in [4.78, 5) is 17.6. The Labute approximate surface area is 129 Å². The van der Waals surface area contributed by atoms with Crippen LogP contribution in [0.25, 0.3) is 10.9 Å². The van der Waals surface area contributed by atoms with Gasteiger partial charge in [-0.2, -0.15) is 0 Å². The van der Waals surface area contributed by atoms with Crippen molar-refractivity contribution in [1.29, 1.82) is 0 Å². The lowest BCUT2D eigenvalue weighted by atomic mass is 10.1. The van der Waals surface area contributed by atoms with Crippen LogP contribution >= 0.6 is 11.6 Å². The number of ether oxygens (including phenoxy) is 1. The number of hydrogen-bond donors (Lipinski definition) is 0. The molecule has 0 fully saturated rings. The first-order valence-electron chi connectivity index (χ1n) is 6.80. The number of halogens is 1. The van der Waals surface area contributed by atoms with Crippen LogP contribution in [-0.2, 0) is 16.1 Å². The first-order chi connectivity index (χ1) is 9.99. The highest BCUT2D eigenvalue weighted by Gasteiger charge is 2.09. The zero-order chi connectivity index (χ0) is 15.4. The number of pyridine rings is 1. The maximum absolute atomic E-state index is 11.2. The molecule has 0 bridgehead atoms. The zero-order valence-corrected chi connectivity index (χ0v) is 13.3. The molecule has 4 nitrogen and oxygen atoms in total. The Balaban J connectivity index is 2.12. The van der Waals surface area contributed by atoms with Gasteiger partial charge in [0.15, 0.2) is 0 Å². The second-order valence-electron chi connectivity index (χ2n) is 5.20. The average Bonchev–Trinajstić information content (AvgIpc) is 2.45. The van der Waals surface area contributed by atoms with Gasteiger partial charge >= 0.3 is 5.97 Å². The predicted molar refractivity (Wildman–Crippen MR) is 84.5 cm³/mol. The van der Waals surface area contributed by atoms with Crippen molar-refractivity contribution in [3.05, 3.63) is 40.5 Å². The van der Waals surface area contributed by atoms with Crippen molar-refractivity contribution in [3.8, 4) is 0 Å². The molecule has 0 saturated carbocycles. The molecular formula is C16H19ClN2O2. The van der Waals surface area contributed by atoms with Gasteiger partial charge in [-0.25, -0.2) is 4.98 Å². The fourth-order valence-corrected chi connectivity index (χ4v) is 2.37. The third kappa shape index (κ3) is 4.16. The Morgan fingerprint density at radius 2 is 2.14 bits per heavy atom. The summed E-state index contributed by atoms with van der Waals surface area (Å²) in [5, 5.41) is 1.58. The molecule has 0 aliphatic rings. The summed E-state index contributed by atoms with van der Waals surface area (Å²) in [6, 6.07) is 8.18. The van der Waals surface area contributed by atoms with Gasteiger partial charge in [0.05, 0.1) is 19.0 Å². The van der Waals surface area contributed by atoms with E-state index in [2.05, 4.69) is 21.9 Å². The van der Waals surface area contributed by atoms with E-state index in [4.69, 9.17) is 11.6 Å². The molecule has 0 saturated heterocycles. The lowest BCUT2D eigenvalue weighted by Gasteiger charge is -2.17. The number of aromatic nitrogens is 1. The number of hydrogen-bond acceptors (Lipinski definition) is 4. The van der Waals surface area contributed by atoms with Crippen molar-refractivity contribution < 1.29 is 9.53 Å². The molecule has 5 heteroatoms. The van der Waals surface area contributed by atoms with Crippen LogP contribution in [0.15, 0.2) is 24.3 Å². The van der Waals surface area contributed by atoms with Gasteiger partial charge in [-0.3, -0.25) is 4.79 Å². The number of carbonyl (C=O) groups is 1. The van der Waals surface area contributed by atoms with Gasteiger partial charge in [0.2, 0.25) is 0 Å². The molecule has 1 aromatic heterocycles. The van der Waals surface area contributed by atoms with Crippen LogP contribution in [0.5, 0.6) is 0 Å². The Kier molecular flexibility index (Phi) is 5.15. The second-order valence-corrected chi connectivity index (χ2v) is 5.56. The third-order valence-corrected chi connectivity index (χ3v) is 3.69. The number of rotatable bonds is 5. The number of benzene rings is 1. The van der Waals surface area contributed by atoms with E-state index >= 15 is 0 Å². The van der Waals surface area contributed by atoms with E-state index in [1.165, 1.54) is 7.11 Å². The maximum Gasteiger partial charge on any atom is 0.306 e. The van der Waals surface area contributed by atoms with E-state index in [1.807, 2.05) is 31.0 Å². The number of fused-ring (bicyclic) bond motifs is 1. The highest BCUT2D eigenvalue weighted by atomic mass is 35.5. The summed E-state index contributed by atoms with van der Waals surface area (Å²) < 4.78 is 4.64. The van der Waals surface area contributed by atoms with Crippen LogP contribution < -0.4 is 0 Å². The monoisotopic (exact) mass is 306 g/mol. The molecule has 1 aromatic carbocycles. The molecule has 0 unspecified atom stereocenters. The predicted octanol–water partition coefficient (Wildman–Crippen LogP) is 3.19. The van der Waals surface area contributed by atoms with E-state index in [0.29, 0.717) is 24.7 Å². The Bertz CT molecular complexity index is 658. The lowest BCUT2D eigenvalue weighted by Crippen LogP contribution is -2.22. The van der Waals surface area contributed by atoms with Crippen molar-refractivity contribution in [2.75, 3.05) is 20.7 Å². The van der Waals surface area contributed by atoms with Gasteiger partial charge in [0.25, 0.3) is 0 Å². The molecule has 0 aliphatic carbocycles. The molecule has 2 aromatic rings. The Morgan fingerprint density at radius 1 is 1.38 bits per heavy atom. The van der Waals surface area contributed by atoms with E-state index in [0.717, 1.165) is 22.0 Å². The number of esters is 1. The van der Waals surface area contributed by atoms with Crippen LogP contribution in [0.2, 0.25) is 5.15 Å². The quantitative estimate of drug-likeness (QED) is 0.628. The molecule has 21 heavy (non-hydrogen) atoms. The number of carbonyl (C=O) groups excluding carboxylic acids is 1. The van der Waals surface area contributed by atoms with Gasteiger partial charge < -0.3 is 9.64 Å². The topological polar surface area (TPSA) is 42.4 Å². The summed E-state index contributed by atoms with van der Waals surface area (Å²) in [5.41, 5.74) is 3.02. The van der Waals surface area contributed by atoms with Crippen LogP contribution in [0.4, 0.5) is 0 Å². The molecule has 112 valence electrons. The molecule has 0 spiro atoms. The van der Waals surface area contributed by atoms with E-state index in [1.54, 1.807) is 0 Å². The first-order valence-corrected chi connectivity index (χ1v) is 7.18. The molecule has 0 radical (unpaired) electrons. The minimum absolute atomic E-state index is 0.208. The fraction of sp³-hybridized carbons (Fsp3) is 0.375. The summed E-state index contributed by atoms with van der Waals surface area (Å²) in [5.74, 6) is -0.208. The van der Waals surface area contributed by atoms with Crippen LogP contribution in [0.3, 0.4) is 0 Å². The van der Waals surface area contributed by atoms with Crippen molar-refractivity contribution in [1.82, 2.24) is 9.88 Å². The minimum atomic E-state index is -0.208. The normalized spacial score (nSPS) is 11.1. The van der Waals surface area contributed by atoms with E-state index < -0.39 is 0 Å². The van der Waals surface area contributed by atoms with Crippen LogP contribution in [0, 0.1) is 6.92 Å². The van der Waals surface area contributed by atoms with Crippen molar-refractivity contribution >= 4 is 28.5 Å². The van der Waals surface area contributed by atoms with Crippen molar-refractivity contribution in [3.63, 3.8) is 0 Å². The fourth-order valence-electron chi connectivity index (χ4n) is 2.16. The van der Waals surface area contributed by atoms with E-state index in [9.17, 15) is 4.79 Å². The summed E-state index contributed by atoms with van der Waals surface area (Å²) in [6.07, 6.45) is 0.366. The molecule has 0 N–H and O–H groups in total. The summed E-state index contributed by atoms with van der Waals surface area (Å²) >= 11 is 6.26. The third-order valence-electron chi connectivity index (χ3n) is 3.36. The van der Waals surface area contributed by atoms with Gasteiger partial charge in [-0.05, 0) is 31.7 Å². The first kappa shape index (κ1) is 15.7. The SMILES string of the molecule is COC(=O)CCN(C)Cc1cc2ccc(C)cc2nc1Cl. The van der Waals surface area contributed by atoms with Crippen LogP contribution in [-0.4, -0.2) is 36.6 Å². The molecule has 0 amide bonds. The molecule has 0 aliphatic heterocycles.